The molecular formula is C28H27ClN4O3S. The number of halogens is 1. The van der Waals surface area contributed by atoms with Crippen LogP contribution in [0.4, 0.5) is 0 Å². The van der Waals surface area contributed by atoms with Crippen molar-refractivity contribution in [2.45, 2.75) is 46.3 Å². The molecule has 0 amide bonds. The zero-order chi connectivity index (χ0) is 26.6. The lowest BCUT2D eigenvalue weighted by Crippen LogP contribution is -2.28. The van der Waals surface area contributed by atoms with E-state index >= 15 is 0 Å². The van der Waals surface area contributed by atoms with Crippen molar-refractivity contribution in [3.05, 3.63) is 64.3 Å². The molecule has 1 atom stereocenters. The molecule has 2 aromatic carbocycles. The van der Waals surface area contributed by atoms with E-state index in [1.54, 1.807) is 12.1 Å². The van der Waals surface area contributed by atoms with Crippen LogP contribution in [-0.4, -0.2) is 36.4 Å². The summed E-state index contributed by atoms with van der Waals surface area (Å²) >= 11 is 7.68. The molecule has 0 spiro atoms. The van der Waals surface area contributed by atoms with E-state index in [0.29, 0.717) is 10.6 Å². The number of nitrogens with zero attached hydrogens (tertiary/aromatic N) is 4. The molecule has 0 saturated heterocycles. The minimum atomic E-state index is -1.16. The highest BCUT2D eigenvalue weighted by atomic mass is 35.5. The van der Waals surface area contributed by atoms with E-state index in [0.717, 1.165) is 54.3 Å². The summed E-state index contributed by atoms with van der Waals surface area (Å²) < 4.78 is 8.77. The third-order valence-corrected chi connectivity index (χ3v) is 7.56. The third-order valence-electron chi connectivity index (χ3n) is 6.20. The molecule has 0 aliphatic heterocycles. The average Bonchev–Trinajstić information content (AvgIpc) is 3.37. The smallest absolute Gasteiger partial charge is 0.337 e. The van der Waals surface area contributed by atoms with Crippen molar-refractivity contribution in [2.75, 3.05) is 0 Å². The van der Waals surface area contributed by atoms with Gasteiger partial charge in [0.15, 0.2) is 6.10 Å². The van der Waals surface area contributed by atoms with E-state index in [9.17, 15) is 9.90 Å². The first-order chi connectivity index (χ1) is 17.4. The van der Waals surface area contributed by atoms with Crippen LogP contribution in [0.15, 0.2) is 42.5 Å². The summed E-state index contributed by atoms with van der Waals surface area (Å²) in [5.74, 6) is -1.04. The summed E-state index contributed by atoms with van der Waals surface area (Å²) in [6, 6.07) is 13.2. The molecule has 37 heavy (non-hydrogen) atoms. The summed E-state index contributed by atoms with van der Waals surface area (Å²) in [5, 5.41) is 16.1. The molecule has 0 unspecified atom stereocenters. The number of aliphatic carboxylic acids is 1. The van der Waals surface area contributed by atoms with E-state index in [2.05, 4.69) is 5.10 Å². The number of ether oxygens (including phenoxy) is 1. The maximum Gasteiger partial charge on any atom is 0.337 e. The molecule has 0 fully saturated rings. The van der Waals surface area contributed by atoms with E-state index < -0.39 is 17.7 Å². The van der Waals surface area contributed by atoms with Gasteiger partial charge in [-0.3, -0.25) is 4.68 Å². The molecule has 7 nitrogen and oxygen atoms in total. The monoisotopic (exact) mass is 534 g/mol. The number of hydrogen-bond acceptors (Lipinski definition) is 6. The van der Waals surface area contributed by atoms with Crippen LogP contribution in [0.2, 0.25) is 5.02 Å². The minimum Gasteiger partial charge on any atom is -0.479 e. The lowest BCUT2D eigenvalue weighted by atomic mass is 9.91. The van der Waals surface area contributed by atoms with Gasteiger partial charge in [0.05, 0.1) is 27.2 Å². The van der Waals surface area contributed by atoms with Crippen LogP contribution < -0.4 is 0 Å². The molecule has 190 valence electrons. The second-order valence-corrected chi connectivity index (χ2v) is 11.5. The van der Waals surface area contributed by atoms with Crippen molar-refractivity contribution in [3.63, 3.8) is 0 Å². The highest BCUT2D eigenvalue weighted by Gasteiger charge is 2.32. The summed E-state index contributed by atoms with van der Waals surface area (Å²) in [4.78, 5) is 22.3. The fourth-order valence-electron chi connectivity index (χ4n) is 4.46. The van der Waals surface area contributed by atoms with E-state index in [1.165, 1.54) is 11.3 Å². The predicted octanol–water partition coefficient (Wildman–Crippen LogP) is 7.12. The lowest BCUT2D eigenvalue weighted by Gasteiger charge is -2.28. The summed E-state index contributed by atoms with van der Waals surface area (Å²) in [5.41, 5.74) is 6.51. The molecule has 0 aliphatic rings. The maximum absolute atomic E-state index is 12.5. The van der Waals surface area contributed by atoms with Crippen molar-refractivity contribution in [2.24, 2.45) is 7.05 Å². The molecule has 5 aromatic rings. The Kier molecular flexibility index (Phi) is 6.30. The Morgan fingerprint density at radius 2 is 1.78 bits per heavy atom. The number of thiazole rings is 1. The van der Waals surface area contributed by atoms with Crippen LogP contribution in [0.3, 0.4) is 0 Å². The summed E-state index contributed by atoms with van der Waals surface area (Å²) in [7, 11) is 1.90. The van der Waals surface area contributed by atoms with Gasteiger partial charge < -0.3 is 9.84 Å². The highest BCUT2D eigenvalue weighted by molar-refractivity contribution is 7.22. The fourth-order valence-corrected chi connectivity index (χ4v) is 5.68. The van der Waals surface area contributed by atoms with Crippen molar-refractivity contribution in [1.82, 2.24) is 19.7 Å². The molecule has 1 N–H and O–H groups in total. The van der Waals surface area contributed by atoms with Crippen molar-refractivity contribution in [1.29, 1.82) is 0 Å². The number of carbonyl (C=O) groups is 1. The van der Waals surface area contributed by atoms with Crippen molar-refractivity contribution >= 4 is 50.2 Å². The topological polar surface area (TPSA) is 90.1 Å². The van der Waals surface area contributed by atoms with Crippen LogP contribution in [0.1, 0.15) is 43.7 Å². The molecule has 3 heterocycles. The summed E-state index contributed by atoms with van der Waals surface area (Å²) in [6.45, 7) is 9.45. The van der Waals surface area contributed by atoms with Gasteiger partial charge in [0.25, 0.3) is 0 Å². The average molecular weight is 535 g/mol. The van der Waals surface area contributed by atoms with Gasteiger partial charge in [0, 0.05) is 23.2 Å². The third kappa shape index (κ3) is 4.72. The van der Waals surface area contributed by atoms with Gasteiger partial charge >= 0.3 is 5.97 Å². The molecule has 9 heteroatoms. The standard InChI is InChI=1S/C28H27ClN4O3S/c1-14-13-20-25(37-26(31-20)19-12-11-18-23(30-19)15(2)33(6)32-18)22(16-7-9-17(29)10-8-16)21(14)24(27(34)35)36-28(3,4)5/h7-13,24H,1-6H3,(H,34,35)/t24-/m0/s1. The quantitative estimate of drug-likeness (QED) is 0.258. The lowest BCUT2D eigenvalue weighted by molar-refractivity contribution is -0.160. The number of fused-ring (bicyclic) bond motifs is 2. The van der Waals surface area contributed by atoms with Crippen LogP contribution in [0, 0.1) is 13.8 Å². The molecule has 3 aromatic heterocycles. The molecule has 0 saturated carbocycles. The fraction of sp³-hybridized carbons (Fsp3) is 0.286. The van der Waals surface area contributed by atoms with Crippen molar-refractivity contribution < 1.29 is 14.6 Å². The number of pyridine rings is 1. The van der Waals surface area contributed by atoms with Gasteiger partial charge in [-0.2, -0.15) is 5.10 Å². The first-order valence-electron chi connectivity index (χ1n) is 11.8. The van der Waals surface area contributed by atoms with E-state index in [4.69, 9.17) is 26.3 Å². The van der Waals surface area contributed by atoms with Gasteiger partial charge in [0.2, 0.25) is 0 Å². The maximum atomic E-state index is 12.5. The van der Waals surface area contributed by atoms with Gasteiger partial charge in [0.1, 0.15) is 16.0 Å². The Bertz CT molecular complexity index is 1670. The molecule has 0 bridgehead atoms. The van der Waals surface area contributed by atoms with E-state index in [1.807, 2.05) is 76.7 Å². The Hall–Kier alpha value is -3.33. The number of hydrogen-bond donors (Lipinski definition) is 1. The first kappa shape index (κ1) is 25.3. The second kappa shape index (κ2) is 9.20. The number of aromatic nitrogens is 4. The second-order valence-electron chi connectivity index (χ2n) is 10.1. The minimum absolute atomic E-state index is 0.601. The van der Waals surface area contributed by atoms with Crippen LogP contribution in [0.5, 0.6) is 0 Å². The van der Waals surface area contributed by atoms with Gasteiger partial charge in [-0.15, -0.1) is 11.3 Å². The molecule has 5 rings (SSSR count). The van der Waals surface area contributed by atoms with Crippen LogP contribution >= 0.6 is 22.9 Å². The molecule has 0 radical (unpaired) electrons. The SMILES string of the molecule is Cc1cc2nc(-c3ccc4nn(C)c(C)c4n3)sc2c(-c2ccc(Cl)cc2)c1[C@H](OC(C)(C)C)C(=O)O. The van der Waals surface area contributed by atoms with Crippen LogP contribution in [0.25, 0.3) is 43.1 Å². The Balaban J connectivity index is 1.78. The predicted molar refractivity (Wildman–Crippen MR) is 148 cm³/mol. The Morgan fingerprint density at radius 3 is 2.43 bits per heavy atom. The number of carboxylic acid groups (broad SMARTS) is 1. The van der Waals surface area contributed by atoms with Gasteiger partial charge in [-0.1, -0.05) is 23.7 Å². The van der Waals surface area contributed by atoms with Gasteiger partial charge in [-0.25, -0.2) is 14.8 Å². The van der Waals surface area contributed by atoms with Gasteiger partial charge in [-0.05, 0) is 76.1 Å². The van der Waals surface area contributed by atoms with Crippen molar-refractivity contribution in [3.8, 4) is 21.8 Å². The summed E-state index contributed by atoms with van der Waals surface area (Å²) in [6.07, 6.45) is -1.16. The normalized spacial score (nSPS) is 12.9. The number of rotatable bonds is 5. The molecule has 0 aliphatic carbocycles. The van der Waals surface area contributed by atoms with Crippen LogP contribution in [-0.2, 0) is 16.6 Å². The highest BCUT2D eigenvalue weighted by Crippen LogP contribution is 2.44. The molecular weight excluding hydrogens is 508 g/mol. The zero-order valence-electron chi connectivity index (χ0n) is 21.5. The Labute approximate surface area is 223 Å². The largest absolute Gasteiger partial charge is 0.479 e. The zero-order valence-corrected chi connectivity index (χ0v) is 23.0. The number of aryl methyl sites for hydroxylation is 3. The van der Waals surface area contributed by atoms with E-state index in [-0.39, 0.29) is 0 Å². The number of benzene rings is 2. The number of carboxylic acids is 1. The Morgan fingerprint density at radius 1 is 1.08 bits per heavy atom. The first-order valence-corrected chi connectivity index (χ1v) is 13.0.